The van der Waals surface area contributed by atoms with Gasteiger partial charge in [0.25, 0.3) is 5.91 Å². The van der Waals surface area contributed by atoms with Crippen LogP contribution in [0, 0.1) is 6.92 Å². The molecular formula is C22H24N4O. The van der Waals surface area contributed by atoms with E-state index in [1.807, 2.05) is 36.4 Å². The Balaban J connectivity index is 1.65. The predicted octanol–water partition coefficient (Wildman–Crippen LogP) is 4.77. The van der Waals surface area contributed by atoms with Crippen molar-refractivity contribution >= 4 is 17.5 Å². The monoisotopic (exact) mass is 360 g/mol. The normalized spacial score (nSPS) is 10.7. The zero-order valence-electron chi connectivity index (χ0n) is 15.9. The Hall–Kier alpha value is -3.21. The minimum atomic E-state index is -0.256. The molecule has 138 valence electrons. The van der Waals surface area contributed by atoms with Crippen LogP contribution in [0.4, 0.5) is 11.6 Å². The zero-order valence-corrected chi connectivity index (χ0v) is 15.9. The summed E-state index contributed by atoms with van der Waals surface area (Å²) < 4.78 is 0. The fourth-order valence-electron chi connectivity index (χ4n) is 2.70. The summed E-state index contributed by atoms with van der Waals surface area (Å²) in [7, 11) is 0. The van der Waals surface area contributed by atoms with Gasteiger partial charge >= 0.3 is 0 Å². The number of amides is 1. The van der Waals surface area contributed by atoms with Crippen LogP contribution in [0.1, 0.15) is 46.9 Å². The van der Waals surface area contributed by atoms with Gasteiger partial charge in [0.2, 0.25) is 5.95 Å². The number of nitrogens with one attached hydrogen (secondary N) is 2. The molecular weight excluding hydrogens is 336 g/mol. The van der Waals surface area contributed by atoms with Gasteiger partial charge in [0.05, 0.1) is 0 Å². The summed E-state index contributed by atoms with van der Waals surface area (Å²) in [6.45, 7) is 6.95. The number of nitrogens with zero attached hydrogens (tertiary/aromatic N) is 2. The Bertz CT molecular complexity index is 920. The zero-order chi connectivity index (χ0) is 19.2. The van der Waals surface area contributed by atoms with Gasteiger partial charge in [-0.15, -0.1) is 0 Å². The number of aromatic nitrogens is 2. The molecule has 0 saturated heterocycles. The predicted molar refractivity (Wildman–Crippen MR) is 109 cm³/mol. The molecule has 0 radical (unpaired) electrons. The van der Waals surface area contributed by atoms with Crippen LogP contribution >= 0.6 is 0 Å². The van der Waals surface area contributed by atoms with Crippen LogP contribution in [-0.2, 0) is 6.54 Å². The quantitative estimate of drug-likeness (QED) is 0.664. The van der Waals surface area contributed by atoms with Gasteiger partial charge in [0, 0.05) is 18.4 Å². The van der Waals surface area contributed by atoms with Gasteiger partial charge in [-0.05, 0) is 47.7 Å². The molecule has 0 unspecified atom stereocenters. The first-order chi connectivity index (χ1) is 13.0. The van der Waals surface area contributed by atoms with E-state index in [4.69, 9.17) is 0 Å². The first-order valence-corrected chi connectivity index (χ1v) is 9.05. The molecule has 27 heavy (non-hydrogen) atoms. The molecule has 0 spiro atoms. The Morgan fingerprint density at radius 3 is 2.48 bits per heavy atom. The van der Waals surface area contributed by atoms with Crippen LogP contribution in [0.3, 0.4) is 0 Å². The molecule has 5 heteroatoms. The lowest BCUT2D eigenvalue weighted by atomic mass is 10.0. The molecule has 5 nitrogen and oxygen atoms in total. The average molecular weight is 360 g/mol. The first-order valence-electron chi connectivity index (χ1n) is 9.05. The summed E-state index contributed by atoms with van der Waals surface area (Å²) in [4.78, 5) is 21.0. The summed E-state index contributed by atoms with van der Waals surface area (Å²) in [6.07, 6.45) is 1.59. The number of aryl methyl sites for hydroxylation is 1. The molecule has 0 saturated carbocycles. The van der Waals surface area contributed by atoms with Crippen molar-refractivity contribution in [1.82, 2.24) is 9.97 Å². The Kier molecular flexibility index (Phi) is 5.81. The summed E-state index contributed by atoms with van der Waals surface area (Å²) in [5.41, 5.74) is 4.67. The lowest BCUT2D eigenvalue weighted by Gasteiger charge is -2.10. The van der Waals surface area contributed by atoms with E-state index in [1.54, 1.807) is 12.3 Å². The van der Waals surface area contributed by atoms with Crippen molar-refractivity contribution in [1.29, 1.82) is 0 Å². The van der Waals surface area contributed by atoms with Crippen LogP contribution in [0.15, 0.2) is 60.8 Å². The van der Waals surface area contributed by atoms with E-state index < -0.39 is 0 Å². The summed E-state index contributed by atoms with van der Waals surface area (Å²) in [5.74, 6) is 0.633. The highest BCUT2D eigenvalue weighted by atomic mass is 16.1. The van der Waals surface area contributed by atoms with Gasteiger partial charge in [-0.2, -0.15) is 0 Å². The summed E-state index contributed by atoms with van der Waals surface area (Å²) in [6, 6.07) is 17.6. The molecule has 3 rings (SSSR count). The molecule has 0 aliphatic heterocycles. The third-order valence-corrected chi connectivity index (χ3v) is 4.42. The highest BCUT2D eigenvalue weighted by Crippen LogP contribution is 2.17. The van der Waals surface area contributed by atoms with Gasteiger partial charge < -0.3 is 10.6 Å². The molecule has 0 aliphatic rings. The topological polar surface area (TPSA) is 66.9 Å². The summed E-state index contributed by atoms with van der Waals surface area (Å²) >= 11 is 0. The Labute approximate surface area is 159 Å². The fraction of sp³-hybridized carbons (Fsp3) is 0.227. The number of carbonyl (C=O) groups is 1. The first kappa shape index (κ1) is 18.6. The van der Waals surface area contributed by atoms with Crippen LogP contribution < -0.4 is 10.6 Å². The van der Waals surface area contributed by atoms with Gasteiger partial charge in [-0.1, -0.05) is 50.2 Å². The van der Waals surface area contributed by atoms with Crippen LogP contribution in [0.5, 0.6) is 0 Å². The van der Waals surface area contributed by atoms with Gasteiger partial charge in [0.15, 0.2) is 0 Å². The van der Waals surface area contributed by atoms with E-state index in [-0.39, 0.29) is 5.91 Å². The van der Waals surface area contributed by atoms with E-state index in [9.17, 15) is 4.79 Å². The average Bonchev–Trinajstić information content (AvgIpc) is 2.68. The highest BCUT2D eigenvalue weighted by Gasteiger charge is 2.10. The van der Waals surface area contributed by atoms with Crippen LogP contribution in [0.2, 0.25) is 0 Å². The second kappa shape index (κ2) is 8.45. The van der Waals surface area contributed by atoms with E-state index in [0.717, 1.165) is 5.69 Å². The molecule has 1 aromatic heterocycles. The number of rotatable bonds is 6. The van der Waals surface area contributed by atoms with Crippen molar-refractivity contribution in [2.75, 3.05) is 10.6 Å². The maximum Gasteiger partial charge on any atom is 0.274 e. The lowest BCUT2D eigenvalue weighted by molar-refractivity contribution is 0.102. The van der Waals surface area contributed by atoms with Crippen molar-refractivity contribution in [3.05, 3.63) is 83.2 Å². The second-order valence-electron chi connectivity index (χ2n) is 6.78. The second-order valence-corrected chi connectivity index (χ2v) is 6.78. The fourth-order valence-corrected chi connectivity index (χ4v) is 2.70. The minimum absolute atomic E-state index is 0.256. The molecule has 0 fully saturated rings. The number of benzene rings is 2. The summed E-state index contributed by atoms with van der Waals surface area (Å²) in [5, 5.41) is 6.06. The maximum absolute atomic E-state index is 12.5. The molecule has 1 heterocycles. The molecule has 3 aromatic rings. The van der Waals surface area contributed by atoms with E-state index >= 15 is 0 Å². The Morgan fingerprint density at radius 1 is 1.04 bits per heavy atom. The van der Waals surface area contributed by atoms with E-state index in [1.165, 1.54) is 16.7 Å². The molecule has 1 amide bonds. The maximum atomic E-state index is 12.5. The number of hydrogen-bond donors (Lipinski definition) is 2. The van der Waals surface area contributed by atoms with Crippen LogP contribution in [-0.4, -0.2) is 15.9 Å². The molecule has 0 atom stereocenters. The standard InChI is InChI=1S/C22H24N4O/c1-15(2)17-8-10-19(11-9-17)25-21(27)20-12-13-23-22(26-20)24-14-18-7-5-4-6-16(18)3/h4-13,15H,14H2,1-3H3,(H,25,27)(H,23,24,26). The highest BCUT2D eigenvalue weighted by molar-refractivity contribution is 6.02. The van der Waals surface area contributed by atoms with Gasteiger partial charge in [-0.3, -0.25) is 4.79 Å². The smallest absolute Gasteiger partial charge is 0.274 e. The van der Waals surface area contributed by atoms with Crippen molar-refractivity contribution < 1.29 is 4.79 Å². The molecule has 0 bridgehead atoms. The Morgan fingerprint density at radius 2 is 1.78 bits per heavy atom. The van der Waals surface area contributed by atoms with E-state index in [0.29, 0.717) is 24.1 Å². The third kappa shape index (κ3) is 4.91. The molecule has 2 N–H and O–H groups in total. The van der Waals surface area contributed by atoms with Crippen molar-refractivity contribution in [2.24, 2.45) is 0 Å². The third-order valence-electron chi connectivity index (χ3n) is 4.42. The van der Waals surface area contributed by atoms with Crippen molar-refractivity contribution in [2.45, 2.75) is 33.2 Å². The number of anilines is 2. The molecule has 0 aliphatic carbocycles. The number of carbonyl (C=O) groups excluding carboxylic acids is 1. The van der Waals surface area contributed by atoms with Crippen molar-refractivity contribution in [3.8, 4) is 0 Å². The van der Waals surface area contributed by atoms with E-state index in [2.05, 4.69) is 53.5 Å². The largest absolute Gasteiger partial charge is 0.350 e. The van der Waals surface area contributed by atoms with Gasteiger partial charge in [0.1, 0.15) is 5.69 Å². The van der Waals surface area contributed by atoms with Crippen LogP contribution in [0.25, 0.3) is 0 Å². The lowest BCUT2D eigenvalue weighted by Crippen LogP contribution is -2.15. The molecule has 2 aromatic carbocycles. The SMILES string of the molecule is Cc1ccccc1CNc1nccc(C(=O)Nc2ccc(C(C)C)cc2)n1. The minimum Gasteiger partial charge on any atom is -0.350 e. The van der Waals surface area contributed by atoms with Crippen molar-refractivity contribution in [3.63, 3.8) is 0 Å². The number of hydrogen-bond acceptors (Lipinski definition) is 4. The van der Waals surface area contributed by atoms with Gasteiger partial charge in [-0.25, -0.2) is 9.97 Å².